The number of amides is 2. The van der Waals surface area contributed by atoms with Crippen LogP contribution >= 0.6 is 11.3 Å². The van der Waals surface area contributed by atoms with Crippen molar-refractivity contribution in [1.29, 1.82) is 0 Å². The maximum atomic E-state index is 13.2. The van der Waals surface area contributed by atoms with Crippen molar-refractivity contribution in [1.82, 2.24) is 9.38 Å². The Morgan fingerprint density at radius 1 is 0.971 bits per heavy atom. The molecule has 0 saturated carbocycles. The summed E-state index contributed by atoms with van der Waals surface area (Å²) in [7, 11) is 1.26. The highest BCUT2D eigenvalue weighted by Gasteiger charge is 2.26. The van der Waals surface area contributed by atoms with Crippen LogP contribution in [0.25, 0.3) is 4.96 Å². The Hall–Kier alpha value is -4.38. The molecule has 2 amide bonds. The monoisotopic (exact) mass is 480 g/mol. The maximum absolute atomic E-state index is 13.2. The normalized spacial score (nSPS) is 10.7. The predicted molar refractivity (Wildman–Crippen MR) is 124 cm³/mol. The number of nitrogens with zero attached hydrogens (tertiary/aromatic N) is 2. The molecule has 2 N–H and O–H groups in total. The number of anilines is 2. The molecule has 0 bridgehead atoms. The van der Waals surface area contributed by atoms with Crippen LogP contribution in [0.4, 0.5) is 15.8 Å². The number of ether oxygens (including phenoxy) is 1. The summed E-state index contributed by atoms with van der Waals surface area (Å²) in [5.41, 5.74) is 0.638. The van der Waals surface area contributed by atoms with Gasteiger partial charge in [0.05, 0.1) is 12.7 Å². The highest BCUT2D eigenvalue weighted by molar-refractivity contribution is 7.19. The first-order valence-electron chi connectivity index (χ1n) is 9.86. The fourth-order valence-corrected chi connectivity index (χ4v) is 4.23. The van der Waals surface area contributed by atoms with Crippen molar-refractivity contribution in [3.8, 4) is 0 Å². The number of carbonyl (C=O) groups is 3. The average Bonchev–Trinajstić information content (AvgIpc) is 3.20. The summed E-state index contributed by atoms with van der Waals surface area (Å²) in [6, 6.07) is 12.3. The number of hydrogen-bond donors (Lipinski definition) is 2. The van der Waals surface area contributed by atoms with Crippen molar-refractivity contribution in [3.05, 3.63) is 92.6 Å². The second-order valence-corrected chi connectivity index (χ2v) is 8.10. The molecule has 0 aliphatic heterocycles. The fraction of sp³-hybridized carbons (Fsp3) is 0.0870. The highest BCUT2D eigenvalue weighted by Crippen LogP contribution is 2.24. The molecular formula is C23H17FN4O5S. The van der Waals surface area contributed by atoms with Gasteiger partial charge < -0.3 is 15.4 Å². The standard InChI is InChI=1S/C23H17FN4O5S/c1-12-11-17(29)28-18(20(30)26-15-7-3-13(4-8-15)22(32)33-2)19(34-23(28)25-12)21(31)27-16-9-5-14(24)6-10-16/h3-11H,1-2H3,(H,26,30)(H,27,31). The quantitative estimate of drug-likeness (QED) is 0.422. The molecule has 0 unspecified atom stereocenters. The Morgan fingerprint density at radius 2 is 1.56 bits per heavy atom. The fourth-order valence-electron chi connectivity index (χ4n) is 3.16. The first-order chi connectivity index (χ1) is 16.3. The topological polar surface area (TPSA) is 119 Å². The molecular weight excluding hydrogens is 463 g/mol. The molecule has 0 fully saturated rings. The van der Waals surface area contributed by atoms with Crippen LogP contribution in [0.15, 0.2) is 59.4 Å². The van der Waals surface area contributed by atoms with Gasteiger partial charge in [0, 0.05) is 23.1 Å². The van der Waals surface area contributed by atoms with Crippen LogP contribution in [0.2, 0.25) is 0 Å². The van der Waals surface area contributed by atoms with Gasteiger partial charge in [-0.05, 0) is 55.5 Å². The zero-order valence-electron chi connectivity index (χ0n) is 17.9. The van der Waals surface area contributed by atoms with Crippen LogP contribution in [-0.4, -0.2) is 34.3 Å². The molecule has 2 aromatic carbocycles. The van der Waals surface area contributed by atoms with Crippen molar-refractivity contribution >= 4 is 45.5 Å². The van der Waals surface area contributed by atoms with E-state index in [4.69, 9.17) is 0 Å². The molecule has 34 heavy (non-hydrogen) atoms. The van der Waals surface area contributed by atoms with E-state index in [0.717, 1.165) is 15.7 Å². The molecule has 0 atom stereocenters. The Bertz CT molecular complexity index is 1480. The van der Waals surface area contributed by atoms with Gasteiger partial charge in [0.2, 0.25) is 0 Å². The summed E-state index contributed by atoms with van der Waals surface area (Å²) < 4.78 is 18.9. The number of nitrogens with one attached hydrogen (secondary N) is 2. The number of benzene rings is 2. The van der Waals surface area contributed by atoms with E-state index < -0.39 is 29.2 Å². The van der Waals surface area contributed by atoms with Gasteiger partial charge in [-0.1, -0.05) is 11.3 Å². The van der Waals surface area contributed by atoms with Crippen LogP contribution in [-0.2, 0) is 4.74 Å². The summed E-state index contributed by atoms with van der Waals surface area (Å²) in [5, 5.41) is 5.22. The Kier molecular flexibility index (Phi) is 6.19. The van der Waals surface area contributed by atoms with Gasteiger partial charge in [-0.2, -0.15) is 0 Å². The van der Waals surface area contributed by atoms with Crippen molar-refractivity contribution in [3.63, 3.8) is 0 Å². The number of fused-ring (bicyclic) bond motifs is 1. The molecule has 2 aromatic heterocycles. The first-order valence-corrected chi connectivity index (χ1v) is 10.7. The number of halogens is 1. The number of carbonyl (C=O) groups excluding carboxylic acids is 3. The number of thiazole rings is 1. The van der Waals surface area contributed by atoms with Gasteiger partial charge in [-0.3, -0.25) is 14.4 Å². The molecule has 0 aliphatic rings. The maximum Gasteiger partial charge on any atom is 0.337 e. The van der Waals surface area contributed by atoms with E-state index in [9.17, 15) is 23.6 Å². The molecule has 0 spiro atoms. The Morgan fingerprint density at radius 3 is 2.18 bits per heavy atom. The number of aromatic nitrogens is 2. The second-order valence-electron chi connectivity index (χ2n) is 7.12. The summed E-state index contributed by atoms with van der Waals surface area (Å²) in [5.74, 6) is -2.39. The van der Waals surface area contributed by atoms with Crippen LogP contribution < -0.4 is 16.2 Å². The van der Waals surface area contributed by atoms with E-state index in [1.807, 2.05) is 0 Å². The van der Waals surface area contributed by atoms with E-state index in [2.05, 4.69) is 20.4 Å². The van der Waals surface area contributed by atoms with Crippen LogP contribution in [0, 0.1) is 12.7 Å². The third-order valence-corrected chi connectivity index (χ3v) is 5.77. The van der Waals surface area contributed by atoms with Crippen LogP contribution in [0.5, 0.6) is 0 Å². The van der Waals surface area contributed by atoms with E-state index in [1.54, 1.807) is 6.92 Å². The zero-order chi connectivity index (χ0) is 24.4. The molecule has 4 aromatic rings. The lowest BCUT2D eigenvalue weighted by Crippen LogP contribution is -2.25. The van der Waals surface area contributed by atoms with Gasteiger partial charge in [0.15, 0.2) is 4.96 Å². The van der Waals surface area contributed by atoms with E-state index in [-0.39, 0.29) is 21.1 Å². The van der Waals surface area contributed by atoms with Gasteiger partial charge in [-0.15, -0.1) is 0 Å². The summed E-state index contributed by atoms with van der Waals surface area (Å²) >= 11 is 0.875. The number of methoxy groups -OCH3 is 1. The van der Waals surface area contributed by atoms with Gasteiger partial charge in [0.25, 0.3) is 17.4 Å². The number of esters is 1. The molecule has 0 aliphatic carbocycles. The molecule has 9 nitrogen and oxygen atoms in total. The minimum Gasteiger partial charge on any atom is -0.465 e. The minimum absolute atomic E-state index is 0.0526. The molecule has 172 valence electrons. The minimum atomic E-state index is -0.728. The zero-order valence-corrected chi connectivity index (χ0v) is 18.7. The third kappa shape index (κ3) is 4.55. The molecule has 0 saturated heterocycles. The first kappa shape index (κ1) is 22.8. The average molecular weight is 480 g/mol. The van der Waals surface area contributed by atoms with Crippen molar-refractivity contribution < 1.29 is 23.5 Å². The van der Waals surface area contributed by atoms with Crippen LogP contribution in [0.1, 0.15) is 36.2 Å². The Labute approximate surface area is 195 Å². The number of hydrogen-bond acceptors (Lipinski definition) is 7. The smallest absolute Gasteiger partial charge is 0.337 e. The molecule has 2 heterocycles. The lowest BCUT2D eigenvalue weighted by Gasteiger charge is -2.09. The van der Waals surface area contributed by atoms with Gasteiger partial charge >= 0.3 is 5.97 Å². The highest BCUT2D eigenvalue weighted by atomic mass is 32.1. The van der Waals surface area contributed by atoms with E-state index in [1.165, 1.54) is 61.7 Å². The lowest BCUT2D eigenvalue weighted by molar-refractivity contribution is 0.0600. The molecule has 4 rings (SSSR count). The number of aryl methyl sites for hydroxylation is 1. The second kappa shape index (κ2) is 9.24. The van der Waals surface area contributed by atoms with Crippen molar-refractivity contribution in [2.24, 2.45) is 0 Å². The van der Waals surface area contributed by atoms with E-state index >= 15 is 0 Å². The van der Waals surface area contributed by atoms with Gasteiger partial charge in [-0.25, -0.2) is 18.6 Å². The number of rotatable bonds is 5. The predicted octanol–water partition coefficient (Wildman–Crippen LogP) is 3.49. The van der Waals surface area contributed by atoms with E-state index in [0.29, 0.717) is 17.1 Å². The van der Waals surface area contributed by atoms with Gasteiger partial charge in [0.1, 0.15) is 16.4 Å². The SMILES string of the molecule is COC(=O)c1ccc(NC(=O)c2c(C(=O)Nc3ccc(F)cc3)sc3nc(C)cc(=O)n23)cc1. The summed E-state index contributed by atoms with van der Waals surface area (Å²) in [6.45, 7) is 1.63. The summed E-state index contributed by atoms with van der Waals surface area (Å²) in [4.78, 5) is 54.9. The Balaban J connectivity index is 1.73. The van der Waals surface area contributed by atoms with Crippen molar-refractivity contribution in [2.45, 2.75) is 6.92 Å². The summed E-state index contributed by atoms with van der Waals surface area (Å²) in [6.07, 6.45) is 0. The largest absolute Gasteiger partial charge is 0.465 e. The lowest BCUT2D eigenvalue weighted by atomic mass is 10.2. The third-order valence-electron chi connectivity index (χ3n) is 4.74. The van der Waals surface area contributed by atoms with Crippen molar-refractivity contribution in [2.75, 3.05) is 17.7 Å². The molecule has 11 heteroatoms. The molecule has 0 radical (unpaired) electrons. The van der Waals surface area contributed by atoms with Crippen LogP contribution in [0.3, 0.4) is 0 Å².